The van der Waals surface area contributed by atoms with Crippen molar-refractivity contribution in [2.24, 2.45) is 0 Å². The van der Waals surface area contributed by atoms with Crippen molar-refractivity contribution in [3.63, 3.8) is 0 Å². The van der Waals surface area contributed by atoms with Gasteiger partial charge in [-0.05, 0) is 62.6 Å². The molecule has 1 N–H and O–H groups in total. The van der Waals surface area contributed by atoms with Gasteiger partial charge in [-0.25, -0.2) is 4.68 Å². The van der Waals surface area contributed by atoms with Crippen molar-refractivity contribution in [2.75, 3.05) is 5.32 Å². The van der Waals surface area contributed by atoms with Gasteiger partial charge >= 0.3 is 0 Å². The fraction of sp³-hybridized carbons (Fsp3) is 0.500. The van der Waals surface area contributed by atoms with Crippen LogP contribution in [0.3, 0.4) is 0 Å². The molecule has 2 aliphatic carbocycles. The summed E-state index contributed by atoms with van der Waals surface area (Å²) in [6.07, 6.45) is 10.9. The molecule has 0 atom stereocenters. The van der Waals surface area contributed by atoms with E-state index in [2.05, 4.69) is 15.4 Å². The third-order valence-corrected chi connectivity index (χ3v) is 5.08. The fourth-order valence-electron chi connectivity index (χ4n) is 3.83. The van der Waals surface area contributed by atoms with Crippen molar-refractivity contribution in [3.05, 3.63) is 52.2 Å². The van der Waals surface area contributed by atoms with Gasteiger partial charge in [0.15, 0.2) is 0 Å². The summed E-state index contributed by atoms with van der Waals surface area (Å²) < 4.78 is 1.76. The van der Waals surface area contributed by atoms with Crippen LogP contribution in [0.1, 0.15) is 49.4 Å². The average molecular weight is 310 g/mol. The molecule has 2 heterocycles. The number of nitrogens with one attached hydrogen (secondary N) is 1. The second kappa shape index (κ2) is 6.14. The largest absolute Gasteiger partial charge is 0.382 e. The second-order valence-corrected chi connectivity index (χ2v) is 6.64. The first-order valence-electron chi connectivity index (χ1n) is 8.58. The average Bonchev–Trinajstić information content (AvgIpc) is 3.03. The lowest BCUT2D eigenvalue weighted by Crippen LogP contribution is -2.33. The summed E-state index contributed by atoms with van der Waals surface area (Å²) in [4.78, 5) is 16.4. The summed E-state index contributed by atoms with van der Waals surface area (Å²) in [5.41, 5.74) is 3.51. The molecule has 5 nitrogen and oxygen atoms in total. The number of rotatable bonds is 3. The van der Waals surface area contributed by atoms with Crippen LogP contribution in [-0.2, 0) is 12.8 Å². The molecule has 2 aliphatic rings. The molecule has 0 radical (unpaired) electrons. The van der Waals surface area contributed by atoms with Crippen LogP contribution in [-0.4, -0.2) is 20.8 Å². The number of anilines is 1. The Hall–Kier alpha value is -2.17. The zero-order chi connectivity index (χ0) is 15.6. The minimum Gasteiger partial charge on any atom is -0.382 e. The Kier molecular flexibility index (Phi) is 3.85. The third-order valence-electron chi connectivity index (χ3n) is 5.08. The molecule has 120 valence electrons. The van der Waals surface area contributed by atoms with E-state index in [1.165, 1.54) is 5.56 Å². The molecule has 0 aromatic carbocycles. The Balaban J connectivity index is 1.43. The van der Waals surface area contributed by atoms with Crippen molar-refractivity contribution < 1.29 is 0 Å². The number of pyridine rings is 1. The predicted molar refractivity (Wildman–Crippen MR) is 89.7 cm³/mol. The van der Waals surface area contributed by atoms with Gasteiger partial charge in [0.05, 0.1) is 11.7 Å². The van der Waals surface area contributed by atoms with Crippen LogP contribution in [0.15, 0.2) is 35.4 Å². The number of hydrogen-bond acceptors (Lipinski definition) is 4. The molecule has 4 rings (SSSR count). The smallest absolute Gasteiger partial charge is 0.267 e. The van der Waals surface area contributed by atoms with Crippen LogP contribution in [0, 0.1) is 0 Å². The second-order valence-electron chi connectivity index (χ2n) is 6.64. The molecular weight excluding hydrogens is 288 g/mol. The Morgan fingerprint density at radius 3 is 2.65 bits per heavy atom. The number of aromatic nitrogens is 3. The van der Waals surface area contributed by atoms with Crippen molar-refractivity contribution in [2.45, 2.75) is 57.0 Å². The van der Waals surface area contributed by atoms with E-state index in [0.29, 0.717) is 6.04 Å². The van der Waals surface area contributed by atoms with Gasteiger partial charge in [-0.2, -0.15) is 5.10 Å². The Labute approximate surface area is 135 Å². The highest BCUT2D eigenvalue weighted by Gasteiger charge is 2.25. The first-order valence-corrected chi connectivity index (χ1v) is 8.58. The van der Waals surface area contributed by atoms with Gasteiger partial charge in [0.25, 0.3) is 5.56 Å². The van der Waals surface area contributed by atoms with Gasteiger partial charge in [-0.15, -0.1) is 0 Å². The van der Waals surface area contributed by atoms with Crippen LogP contribution in [0.2, 0.25) is 0 Å². The van der Waals surface area contributed by atoms with E-state index in [4.69, 9.17) is 0 Å². The standard InChI is InChI=1S/C18H22N4O/c23-18-12-13-2-1-3-17(13)21-22(18)16-6-4-14(5-7-16)20-15-8-10-19-11-9-15/h8-12,14,16H,1-7H2,(H,19,20). The minimum atomic E-state index is 0.0798. The van der Waals surface area contributed by atoms with E-state index in [1.807, 2.05) is 30.6 Å². The summed E-state index contributed by atoms with van der Waals surface area (Å²) in [6.45, 7) is 0. The van der Waals surface area contributed by atoms with Crippen LogP contribution in [0.4, 0.5) is 5.69 Å². The van der Waals surface area contributed by atoms with E-state index >= 15 is 0 Å². The predicted octanol–water partition coefficient (Wildman–Crippen LogP) is 2.72. The quantitative estimate of drug-likeness (QED) is 0.947. The van der Waals surface area contributed by atoms with E-state index in [-0.39, 0.29) is 11.6 Å². The summed E-state index contributed by atoms with van der Waals surface area (Å²) >= 11 is 0. The monoisotopic (exact) mass is 310 g/mol. The van der Waals surface area contributed by atoms with Gasteiger partial charge in [0.1, 0.15) is 0 Å². The SMILES string of the molecule is O=c1cc2c(nn1C1CCC(Nc3ccncc3)CC1)CCC2. The molecule has 2 aromatic rings. The molecule has 1 saturated carbocycles. The fourth-order valence-corrected chi connectivity index (χ4v) is 3.83. The molecule has 0 aliphatic heterocycles. The molecule has 2 aromatic heterocycles. The molecule has 0 amide bonds. The van der Waals surface area contributed by atoms with Crippen molar-refractivity contribution in [1.82, 2.24) is 14.8 Å². The maximum Gasteiger partial charge on any atom is 0.267 e. The van der Waals surface area contributed by atoms with Crippen LogP contribution >= 0.6 is 0 Å². The van der Waals surface area contributed by atoms with E-state index < -0.39 is 0 Å². The molecular formula is C18H22N4O. The van der Waals surface area contributed by atoms with Gasteiger partial charge in [0, 0.05) is 30.2 Å². The summed E-state index contributed by atoms with van der Waals surface area (Å²) in [6, 6.07) is 6.54. The third kappa shape index (κ3) is 3.00. The highest BCUT2D eigenvalue weighted by Crippen LogP contribution is 2.29. The Morgan fingerprint density at radius 1 is 1.09 bits per heavy atom. The number of aryl methyl sites for hydroxylation is 2. The molecule has 0 bridgehead atoms. The van der Waals surface area contributed by atoms with E-state index in [9.17, 15) is 4.79 Å². The number of nitrogens with zero attached hydrogens (tertiary/aromatic N) is 3. The highest BCUT2D eigenvalue weighted by molar-refractivity contribution is 5.41. The van der Waals surface area contributed by atoms with E-state index in [1.54, 1.807) is 4.68 Å². The number of fused-ring (bicyclic) bond motifs is 1. The first-order chi connectivity index (χ1) is 11.3. The van der Waals surface area contributed by atoms with Crippen LogP contribution in [0.5, 0.6) is 0 Å². The molecule has 5 heteroatoms. The lowest BCUT2D eigenvalue weighted by Gasteiger charge is -2.30. The van der Waals surface area contributed by atoms with Crippen molar-refractivity contribution in [1.29, 1.82) is 0 Å². The van der Waals surface area contributed by atoms with Crippen LogP contribution in [0.25, 0.3) is 0 Å². The lowest BCUT2D eigenvalue weighted by molar-refractivity contribution is 0.302. The Morgan fingerprint density at radius 2 is 1.87 bits per heavy atom. The zero-order valence-corrected chi connectivity index (χ0v) is 13.2. The van der Waals surface area contributed by atoms with Crippen LogP contribution < -0.4 is 10.9 Å². The topological polar surface area (TPSA) is 59.8 Å². The zero-order valence-electron chi connectivity index (χ0n) is 13.2. The van der Waals surface area contributed by atoms with Crippen molar-refractivity contribution in [3.8, 4) is 0 Å². The lowest BCUT2D eigenvalue weighted by atomic mass is 9.91. The normalized spacial score (nSPS) is 23.5. The number of hydrogen-bond donors (Lipinski definition) is 1. The maximum atomic E-state index is 12.3. The first kappa shape index (κ1) is 14.4. The molecule has 0 spiro atoms. The van der Waals surface area contributed by atoms with Gasteiger partial charge in [0.2, 0.25) is 0 Å². The highest BCUT2D eigenvalue weighted by atomic mass is 16.1. The van der Waals surface area contributed by atoms with Gasteiger partial charge in [-0.3, -0.25) is 9.78 Å². The molecule has 1 fully saturated rings. The van der Waals surface area contributed by atoms with Crippen molar-refractivity contribution >= 4 is 5.69 Å². The molecule has 0 saturated heterocycles. The maximum absolute atomic E-state index is 12.3. The summed E-state index contributed by atoms with van der Waals surface area (Å²) in [5.74, 6) is 0. The van der Waals surface area contributed by atoms with Gasteiger partial charge in [-0.1, -0.05) is 0 Å². The summed E-state index contributed by atoms with van der Waals surface area (Å²) in [5, 5.41) is 8.22. The summed E-state index contributed by atoms with van der Waals surface area (Å²) in [7, 11) is 0. The molecule has 23 heavy (non-hydrogen) atoms. The van der Waals surface area contributed by atoms with Gasteiger partial charge < -0.3 is 5.32 Å². The molecule has 0 unspecified atom stereocenters. The van der Waals surface area contributed by atoms with E-state index in [0.717, 1.165) is 56.3 Å². The minimum absolute atomic E-state index is 0.0798. The Bertz CT molecular complexity index is 732.